The number of aliphatic hydroxyl groups is 2. The summed E-state index contributed by atoms with van der Waals surface area (Å²) in [6.07, 6.45) is -5.98. The van der Waals surface area contributed by atoms with Gasteiger partial charge in [0.05, 0.1) is 0 Å². The third-order valence-electron chi connectivity index (χ3n) is 2.72. The zero-order valence-corrected chi connectivity index (χ0v) is 9.72. The number of alkyl halides is 3. The molecule has 0 amide bonds. The van der Waals surface area contributed by atoms with Crippen LogP contribution in [0, 0.1) is 0 Å². The Hall–Kier alpha value is -2.01. The first-order chi connectivity index (χ1) is 8.88. The van der Waals surface area contributed by atoms with Crippen molar-refractivity contribution in [2.24, 2.45) is 0 Å². The second kappa shape index (κ2) is 4.93. The van der Waals surface area contributed by atoms with E-state index in [0.717, 1.165) is 10.8 Å². The van der Waals surface area contributed by atoms with Gasteiger partial charge in [-0.1, -0.05) is 36.4 Å². The van der Waals surface area contributed by atoms with Crippen LogP contribution in [0.2, 0.25) is 0 Å². The highest BCUT2D eigenvalue weighted by molar-refractivity contribution is 5.83. The summed E-state index contributed by atoms with van der Waals surface area (Å²) in [6.45, 7) is 0. The van der Waals surface area contributed by atoms with Gasteiger partial charge in [0, 0.05) is 0 Å². The molecule has 0 aliphatic heterocycles. The van der Waals surface area contributed by atoms with Gasteiger partial charge in [-0.3, -0.25) is 0 Å². The molecule has 0 saturated heterocycles. The number of halogens is 3. The minimum Gasteiger partial charge on any atom is -0.504 e. The van der Waals surface area contributed by atoms with Crippen LogP contribution in [0.4, 0.5) is 13.2 Å². The molecule has 0 fully saturated rings. The van der Waals surface area contributed by atoms with Crippen molar-refractivity contribution >= 4 is 10.8 Å². The number of allylic oxidation sites excluding steroid dienone is 1. The van der Waals surface area contributed by atoms with E-state index in [0.29, 0.717) is 6.08 Å². The fourth-order valence-corrected chi connectivity index (χ4v) is 1.73. The maximum absolute atomic E-state index is 12.1. The summed E-state index contributed by atoms with van der Waals surface area (Å²) in [7, 11) is 0. The normalized spacial score (nSPS) is 14.6. The van der Waals surface area contributed by atoms with Crippen molar-refractivity contribution in [3.63, 3.8) is 0 Å². The van der Waals surface area contributed by atoms with Crippen molar-refractivity contribution < 1.29 is 23.4 Å². The molecule has 2 aromatic rings. The molecular formula is C14H11F3O2. The van der Waals surface area contributed by atoms with Crippen LogP contribution in [-0.2, 0) is 0 Å². The monoisotopic (exact) mass is 268 g/mol. The van der Waals surface area contributed by atoms with E-state index in [1.54, 1.807) is 24.3 Å². The third-order valence-corrected chi connectivity index (χ3v) is 2.72. The Kier molecular flexibility index (Phi) is 3.48. The van der Waals surface area contributed by atoms with Gasteiger partial charge in [-0.05, 0) is 28.5 Å². The van der Waals surface area contributed by atoms with Crippen LogP contribution in [0.3, 0.4) is 0 Å². The summed E-state index contributed by atoms with van der Waals surface area (Å²) in [5.74, 6) is -1.80. The Morgan fingerprint density at radius 2 is 1.68 bits per heavy atom. The van der Waals surface area contributed by atoms with Crippen LogP contribution in [0.5, 0.6) is 0 Å². The lowest BCUT2D eigenvalue weighted by atomic mass is 10.0. The van der Waals surface area contributed by atoms with E-state index in [-0.39, 0.29) is 5.56 Å². The van der Waals surface area contributed by atoms with Crippen LogP contribution >= 0.6 is 0 Å². The Labute approximate surface area is 107 Å². The lowest BCUT2D eigenvalue weighted by Crippen LogP contribution is -2.12. The summed E-state index contributed by atoms with van der Waals surface area (Å²) in [6, 6.07) is 12.1. The van der Waals surface area contributed by atoms with Crippen molar-refractivity contribution in [1.29, 1.82) is 0 Å². The van der Waals surface area contributed by atoms with Gasteiger partial charge in [0.1, 0.15) is 6.10 Å². The molecule has 100 valence electrons. The molecular weight excluding hydrogens is 257 g/mol. The molecule has 1 unspecified atom stereocenters. The number of benzene rings is 2. The van der Waals surface area contributed by atoms with E-state index in [2.05, 4.69) is 0 Å². The fraction of sp³-hybridized carbons (Fsp3) is 0.143. The van der Waals surface area contributed by atoms with Crippen LogP contribution in [-0.4, -0.2) is 16.4 Å². The second-order valence-corrected chi connectivity index (χ2v) is 4.10. The number of hydrogen-bond donors (Lipinski definition) is 2. The molecule has 19 heavy (non-hydrogen) atoms. The first-order valence-electron chi connectivity index (χ1n) is 5.52. The molecule has 5 heteroatoms. The van der Waals surface area contributed by atoms with Gasteiger partial charge in [0.15, 0.2) is 5.76 Å². The number of fused-ring (bicyclic) bond motifs is 1. The summed E-state index contributed by atoms with van der Waals surface area (Å²) in [5, 5.41) is 20.2. The van der Waals surface area contributed by atoms with Crippen molar-refractivity contribution in [3.05, 3.63) is 59.9 Å². The lowest BCUT2D eigenvalue weighted by Gasteiger charge is -2.10. The van der Waals surface area contributed by atoms with E-state index in [9.17, 15) is 18.3 Å². The molecule has 0 aliphatic carbocycles. The van der Waals surface area contributed by atoms with Gasteiger partial charge in [-0.15, -0.1) is 0 Å². The van der Waals surface area contributed by atoms with Crippen molar-refractivity contribution in [1.82, 2.24) is 0 Å². The van der Waals surface area contributed by atoms with Crippen molar-refractivity contribution in [2.75, 3.05) is 0 Å². The van der Waals surface area contributed by atoms with Crippen LogP contribution < -0.4 is 0 Å². The summed E-state index contributed by atoms with van der Waals surface area (Å²) >= 11 is 0. The minimum absolute atomic E-state index is 0.287. The predicted molar refractivity (Wildman–Crippen MR) is 65.7 cm³/mol. The number of hydrogen-bond acceptors (Lipinski definition) is 2. The van der Waals surface area contributed by atoms with Crippen molar-refractivity contribution in [3.8, 4) is 0 Å². The molecule has 2 nitrogen and oxygen atoms in total. The maximum atomic E-state index is 12.1. The topological polar surface area (TPSA) is 40.5 Å². The molecule has 0 radical (unpaired) electrons. The van der Waals surface area contributed by atoms with Gasteiger partial charge in [-0.2, -0.15) is 13.2 Å². The molecule has 0 spiro atoms. The van der Waals surface area contributed by atoms with Crippen LogP contribution in [0.15, 0.2) is 54.3 Å². The van der Waals surface area contributed by atoms with Crippen LogP contribution in [0.1, 0.15) is 11.7 Å². The Balaban J connectivity index is 2.34. The minimum atomic E-state index is -4.85. The first-order valence-corrected chi connectivity index (χ1v) is 5.52. The van der Waals surface area contributed by atoms with Crippen molar-refractivity contribution in [2.45, 2.75) is 12.3 Å². The molecule has 0 bridgehead atoms. The third kappa shape index (κ3) is 3.06. The van der Waals surface area contributed by atoms with E-state index in [4.69, 9.17) is 5.11 Å². The summed E-state index contributed by atoms with van der Waals surface area (Å²) in [4.78, 5) is 0. The summed E-state index contributed by atoms with van der Waals surface area (Å²) in [5.41, 5.74) is 0.287. The van der Waals surface area contributed by atoms with Gasteiger partial charge in [0.2, 0.25) is 0 Å². The molecule has 1 atom stereocenters. The molecule has 0 saturated carbocycles. The zero-order valence-electron chi connectivity index (χ0n) is 9.72. The van der Waals surface area contributed by atoms with Gasteiger partial charge < -0.3 is 10.2 Å². The smallest absolute Gasteiger partial charge is 0.448 e. The van der Waals surface area contributed by atoms with Gasteiger partial charge in [0.25, 0.3) is 0 Å². The Bertz CT molecular complexity index is 617. The molecule has 2 rings (SSSR count). The molecule has 0 aliphatic rings. The molecule has 2 N–H and O–H groups in total. The fourth-order valence-electron chi connectivity index (χ4n) is 1.73. The average molecular weight is 268 g/mol. The lowest BCUT2D eigenvalue weighted by molar-refractivity contribution is -0.121. The highest BCUT2D eigenvalue weighted by Gasteiger charge is 2.34. The van der Waals surface area contributed by atoms with E-state index in [1.165, 1.54) is 6.07 Å². The SMILES string of the molecule is O/C(=C\C(O)c1ccc2ccccc2c1)C(F)(F)F. The number of aliphatic hydroxyl groups excluding tert-OH is 2. The standard InChI is InChI=1S/C14H11F3O2/c15-14(16,17)13(19)8-12(18)11-6-5-9-3-1-2-4-10(9)7-11/h1-8,12,18-19H/b13-8-. The first kappa shape index (κ1) is 13.4. The number of rotatable bonds is 2. The Morgan fingerprint density at radius 1 is 1.05 bits per heavy atom. The predicted octanol–water partition coefficient (Wildman–Crippen LogP) is 3.88. The maximum Gasteiger partial charge on any atom is 0.448 e. The van der Waals surface area contributed by atoms with E-state index >= 15 is 0 Å². The zero-order chi connectivity index (χ0) is 14.0. The van der Waals surface area contributed by atoms with E-state index < -0.39 is 18.0 Å². The molecule has 0 aromatic heterocycles. The van der Waals surface area contributed by atoms with Gasteiger partial charge >= 0.3 is 6.18 Å². The largest absolute Gasteiger partial charge is 0.504 e. The highest BCUT2D eigenvalue weighted by Crippen LogP contribution is 2.27. The summed E-state index contributed by atoms with van der Waals surface area (Å²) < 4.78 is 36.4. The van der Waals surface area contributed by atoms with Gasteiger partial charge in [-0.25, -0.2) is 0 Å². The molecule has 2 aromatic carbocycles. The Morgan fingerprint density at radius 3 is 2.32 bits per heavy atom. The second-order valence-electron chi connectivity index (χ2n) is 4.10. The van der Waals surface area contributed by atoms with E-state index in [1.807, 2.05) is 12.1 Å². The molecule has 0 heterocycles. The average Bonchev–Trinajstić information content (AvgIpc) is 2.37. The highest BCUT2D eigenvalue weighted by atomic mass is 19.4. The quantitative estimate of drug-likeness (QED) is 0.811. The van der Waals surface area contributed by atoms with Crippen LogP contribution in [0.25, 0.3) is 10.8 Å².